The predicted octanol–water partition coefficient (Wildman–Crippen LogP) is 4.14. The third-order valence-corrected chi connectivity index (χ3v) is 8.97. The topological polar surface area (TPSA) is 126 Å². The van der Waals surface area contributed by atoms with Gasteiger partial charge in [-0.1, -0.05) is 66.7 Å². The second kappa shape index (κ2) is 18.0. The molecule has 6 rings (SSSR count). The Labute approximate surface area is 296 Å². The molecule has 0 aliphatic carbocycles. The minimum absolute atomic E-state index is 0.0130. The van der Waals surface area contributed by atoms with Crippen LogP contribution in [0.2, 0.25) is 0 Å². The Bertz CT molecular complexity index is 1660. The third kappa shape index (κ3) is 11.7. The number of nitrogens with two attached hydrogens (primary N) is 1. The van der Waals surface area contributed by atoms with Crippen LogP contribution in [0.3, 0.4) is 0 Å². The lowest BCUT2D eigenvalue weighted by Gasteiger charge is -2.41. The van der Waals surface area contributed by atoms with Gasteiger partial charge in [0, 0.05) is 50.5 Å². The van der Waals surface area contributed by atoms with Crippen LogP contribution in [0.5, 0.6) is 5.75 Å². The molecule has 1 saturated heterocycles. The van der Waals surface area contributed by atoms with Crippen LogP contribution >= 0.6 is 0 Å². The molecule has 1 aromatic heterocycles. The second-order valence-electron chi connectivity index (χ2n) is 12.9. The molecule has 2 aliphatic rings. The molecule has 4 N–H and O–H groups in total. The normalized spacial score (nSPS) is 17.6. The molecule has 13 heteroatoms. The molecule has 3 aromatic carbocycles. The molecule has 272 valence electrons. The number of aliphatic hydroxyl groups excluding tert-OH is 1. The number of imidazole rings is 1. The molecule has 3 heterocycles. The summed E-state index contributed by atoms with van der Waals surface area (Å²) in [5.41, 5.74) is 9.55. The highest BCUT2D eigenvalue weighted by molar-refractivity contribution is 5.82. The second-order valence-corrected chi connectivity index (χ2v) is 12.9. The number of aromatic nitrogens is 2. The van der Waals surface area contributed by atoms with Gasteiger partial charge in [-0.2, -0.15) is 13.2 Å². The van der Waals surface area contributed by atoms with Gasteiger partial charge in [0.1, 0.15) is 18.3 Å². The number of piperazine rings is 1. The first kappa shape index (κ1) is 37.5. The first-order valence-electron chi connectivity index (χ1n) is 17.1. The predicted molar refractivity (Wildman–Crippen MR) is 187 cm³/mol. The average molecular weight is 707 g/mol. The van der Waals surface area contributed by atoms with E-state index in [2.05, 4.69) is 17.1 Å². The number of nitrogens with zero attached hydrogens (tertiary/aromatic N) is 4. The zero-order valence-electron chi connectivity index (χ0n) is 28.4. The molecule has 0 radical (unpaired) electrons. The molecular weight excluding hydrogens is 661 g/mol. The molecular formula is C38H45F3N6O4. The van der Waals surface area contributed by atoms with Gasteiger partial charge in [0.2, 0.25) is 11.8 Å². The maximum atomic E-state index is 12.9. The molecule has 3 atom stereocenters. The number of primary amides is 1. The van der Waals surface area contributed by atoms with Crippen LogP contribution in [-0.4, -0.2) is 93.9 Å². The molecule has 2 aliphatic heterocycles. The van der Waals surface area contributed by atoms with Crippen LogP contribution in [0.4, 0.5) is 13.2 Å². The van der Waals surface area contributed by atoms with Gasteiger partial charge in [0.25, 0.3) is 0 Å². The number of hydrogen-bond acceptors (Lipinski definition) is 7. The lowest BCUT2D eigenvalue weighted by Crippen LogP contribution is -2.60. The first-order valence-corrected chi connectivity index (χ1v) is 17.1. The van der Waals surface area contributed by atoms with Crippen molar-refractivity contribution in [1.82, 2.24) is 24.7 Å². The monoisotopic (exact) mass is 706 g/mol. The summed E-state index contributed by atoms with van der Waals surface area (Å²) in [6.45, 7) is 0.854. The van der Waals surface area contributed by atoms with Crippen molar-refractivity contribution in [3.05, 3.63) is 114 Å². The number of carbonyl (C=O) groups excluding carboxylic acids is 2. The Morgan fingerprint density at radius 2 is 1.71 bits per heavy atom. The van der Waals surface area contributed by atoms with Gasteiger partial charge in [-0.15, -0.1) is 0 Å². The number of aryl methyl sites for hydroxylation is 1. The zero-order valence-corrected chi connectivity index (χ0v) is 28.4. The van der Waals surface area contributed by atoms with Crippen LogP contribution in [0.25, 0.3) is 5.69 Å². The highest BCUT2D eigenvalue weighted by atomic mass is 19.4. The highest BCUT2D eigenvalue weighted by Crippen LogP contribution is 2.23. The summed E-state index contributed by atoms with van der Waals surface area (Å²) in [6.07, 6.45) is 0.765. The molecule has 0 saturated carbocycles. The van der Waals surface area contributed by atoms with E-state index in [9.17, 15) is 27.9 Å². The van der Waals surface area contributed by atoms with Crippen molar-refractivity contribution in [3.8, 4) is 11.4 Å². The van der Waals surface area contributed by atoms with Crippen molar-refractivity contribution < 1.29 is 32.6 Å². The number of para-hydroxylation sites is 2. The molecule has 0 spiro atoms. The number of hydrogen-bond donors (Lipinski definition) is 3. The fourth-order valence-electron chi connectivity index (χ4n) is 6.38. The standard InChI is InChI=1S/C29H35F3N6O3.C9H10O/c30-29(31,32)19-34-28(41)26-18-36(15-23-16-38(20-35-23)24-9-5-2-6-10-24)11-12-37(26)17-25(39)14-22(27(33)40)13-21-7-3-1-4-8-21;1-2-6-9-8(4-1)5-3-7-10-9/h1-10,16,20,22,25-26,39H,11-15,17-19H2,(H2,33,40)(H,34,41);1-2,4,6H,3,5,7H2/t22?,25?,26-;/m0./s1. The van der Waals surface area contributed by atoms with E-state index < -0.39 is 42.6 Å². The fraction of sp³-hybridized carbons (Fsp3) is 0.395. The number of alkyl halides is 3. The van der Waals surface area contributed by atoms with Crippen LogP contribution in [0.15, 0.2) is 97.5 Å². The minimum atomic E-state index is -4.55. The summed E-state index contributed by atoms with van der Waals surface area (Å²) in [6, 6.07) is 26.2. The van der Waals surface area contributed by atoms with E-state index in [1.54, 1.807) is 11.2 Å². The molecule has 4 aromatic rings. The van der Waals surface area contributed by atoms with Gasteiger partial charge >= 0.3 is 6.18 Å². The summed E-state index contributed by atoms with van der Waals surface area (Å²) in [5, 5.41) is 12.9. The smallest absolute Gasteiger partial charge is 0.405 e. The SMILES string of the molecule is NC(=O)C(Cc1ccccc1)CC(O)CN1CCN(Cc2cn(-c3ccccc3)cn2)C[C@H]1C(=O)NCC(F)(F)F.c1ccc2c(c1)CCCO2. The zero-order chi connectivity index (χ0) is 36.2. The fourth-order valence-corrected chi connectivity index (χ4v) is 6.38. The highest BCUT2D eigenvalue weighted by Gasteiger charge is 2.36. The van der Waals surface area contributed by atoms with Gasteiger partial charge in [-0.3, -0.25) is 19.4 Å². The van der Waals surface area contributed by atoms with E-state index in [1.165, 1.54) is 12.0 Å². The number of fused-ring (bicyclic) bond motifs is 1. The summed E-state index contributed by atoms with van der Waals surface area (Å²) in [4.78, 5) is 33.1. The lowest BCUT2D eigenvalue weighted by atomic mass is 9.92. The first-order chi connectivity index (χ1) is 24.5. The molecule has 2 unspecified atom stereocenters. The number of aliphatic hydroxyl groups is 1. The Morgan fingerprint density at radius 3 is 2.41 bits per heavy atom. The van der Waals surface area contributed by atoms with E-state index in [0.717, 1.165) is 35.7 Å². The average Bonchev–Trinajstić information content (AvgIpc) is 3.60. The van der Waals surface area contributed by atoms with Gasteiger partial charge in [0.15, 0.2) is 0 Å². The van der Waals surface area contributed by atoms with E-state index in [4.69, 9.17) is 10.5 Å². The van der Waals surface area contributed by atoms with Gasteiger partial charge in [0.05, 0.1) is 24.7 Å². The summed E-state index contributed by atoms with van der Waals surface area (Å²) in [5.74, 6) is -0.878. The number of ether oxygens (including phenoxy) is 1. The maximum absolute atomic E-state index is 12.9. The molecule has 10 nitrogen and oxygen atoms in total. The Kier molecular flexibility index (Phi) is 13.2. The lowest BCUT2D eigenvalue weighted by molar-refractivity contribution is -0.143. The van der Waals surface area contributed by atoms with Crippen LogP contribution in [-0.2, 0) is 29.0 Å². The largest absolute Gasteiger partial charge is 0.493 e. The van der Waals surface area contributed by atoms with Crippen molar-refractivity contribution >= 4 is 11.8 Å². The van der Waals surface area contributed by atoms with E-state index >= 15 is 0 Å². The Hall–Kier alpha value is -4.72. The summed E-state index contributed by atoms with van der Waals surface area (Å²) in [7, 11) is 0. The van der Waals surface area contributed by atoms with Crippen molar-refractivity contribution in [1.29, 1.82) is 0 Å². The number of amides is 2. The van der Waals surface area contributed by atoms with Crippen molar-refractivity contribution in [2.45, 2.75) is 50.6 Å². The summed E-state index contributed by atoms with van der Waals surface area (Å²) < 4.78 is 45.9. The van der Waals surface area contributed by atoms with E-state index in [0.29, 0.717) is 26.1 Å². The van der Waals surface area contributed by atoms with Crippen LogP contribution in [0, 0.1) is 5.92 Å². The minimum Gasteiger partial charge on any atom is -0.493 e. The third-order valence-electron chi connectivity index (χ3n) is 8.97. The maximum Gasteiger partial charge on any atom is 0.405 e. The Balaban J connectivity index is 0.000000428. The Morgan fingerprint density at radius 1 is 1.00 bits per heavy atom. The van der Waals surface area contributed by atoms with Crippen LogP contribution < -0.4 is 15.8 Å². The van der Waals surface area contributed by atoms with Crippen molar-refractivity contribution in [3.63, 3.8) is 0 Å². The number of carbonyl (C=O) groups is 2. The quantitative estimate of drug-likeness (QED) is 0.202. The van der Waals surface area contributed by atoms with Gasteiger partial charge in [-0.05, 0) is 55.0 Å². The van der Waals surface area contributed by atoms with E-state index in [-0.39, 0.29) is 19.5 Å². The number of benzene rings is 3. The summed E-state index contributed by atoms with van der Waals surface area (Å²) >= 11 is 0. The molecule has 0 bridgehead atoms. The molecule has 1 fully saturated rings. The number of rotatable bonds is 12. The van der Waals surface area contributed by atoms with Crippen LogP contribution in [0.1, 0.15) is 29.7 Å². The number of β-amino-alcohol motifs (C(OH)–C–C–N with tert-alkyl or cyclic N) is 1. The molecule has 2 amide bonds. The number of nitrogens with one attached hydrogen (secondary N) is 1. The van der Waals surface area contributed by atoms with Crippen molar-refractivity contribution in [2.75, 3.05) is 39.3 Å². The molecule has 51 heavy (non-hydrogen) atoms. The van der Waals surface area contributed by atoms with Crippen molar-refractivity contribution in [2.24, 2.45) is 11.7 Å². The van der Waals surface area contributed by atoms with Gasteiger partial charge < -0.3 is 25.5 Å². The van der Waals surface area contributed by atoms with E-state index in [1.807, 2.05) is 93.8 Å². The van der Waals surface area contributed by atoms with Gasteiger partial charge in [-0.25, -0.2) is 4.98 Å². The number of halogens is 3.